The summed E-state index contributed by atoms with van der Waals surface area (Å²) < 4.78 is 13.2. The van der Waals surface area contributed by atoms with E-state index < -0.39 is 0 Å². The van der Waals surface area contributed by atoms with Crippen molar-refractivity contribution < 1.29 is 4.39 Å². The molecular formula is C10H11ClFNS. The van der Waals surface area contributed by atoms with Gasteiger partial charge in [0.1, 0.15) is 5.82 Å². The summed E-state index contributed by atoms with van der Waals surface area (Å²) >= 11 is 7.57. The van der Waals surface area contributed by atoms with Gasteiger partial charge in [-0.1, -0.05) is 11.6 Å². The molecule has 4 heteroatoms. The lowest BCUT2D eigenvalue weighted by molar-refractivity contribution is 0.615. The molecule has 0 bridgehead atoms. The predicted molar refractivity (Wildman–Crippen MR) is 59.4 cm³/mol. The van der Waals surface area contributed by atoms with Crippen LogP contribution in [0.5, 0.6) is 0 Å². The third kappa shape index (κ3) is 1.76. The largest absolute Gasteiger partial charge is 0.312 e. The van der Waals surface area contributed by atoms with E-state index in [1.807, 2.05) is 18.8 Å². The Kier molecular flexibility index (Phi) is 3.00. The van der Waals surface area contributed by atoms with E-state index in [1.54, 1.807) is 12.1 Å². The van der Waals surface area contributed by atoms with Gasteiger partial charge in [0.05, 0.1) is 5.02 Å². The third-order valence-electron chi connectivity index (χ3n) is 2.45. The van der Waals surface area contributed by atoms with Crippen molar-refractivity contribution in [2.45, 2.75) is 11.8 Å². The zero-order valence-corrected chi connectivity index (χ0v) is 9.38. The molecule has 1 nitrogen and oxygen atoms in total. The molecule has 1 aliphatic rings. The number of hydrogen-bond donors (Lipinski definition) is 1. The highest BCUT2D eigenvalue weighted by Gasteiger charge is 2.20. The molecule has 0 aliphatic carbocycles. The van der Waals surface area contributed by atoms with Crippen molar-refractivity contribution in [3.63, 3.8) is 0 Å². The van der Waals surface area contributed by atoms with Gasteiger partial charge >= 0.3 is 0 Å². The fourth-order valence-electron chi connectivity index (χ4n) is 1.67. The van der Waals surface area contributed by atoms with Crippen LogP contribution >= 0.6 is 23.4 Å². The number of fused-ring (bicyclic) bond motifs is 1. The fourth-order valence-corrected chi connectivity index (χ4v) is 3.01. The first-order chi connectivity index (χ1) is 6.72. The monoisotopic (exact) mass is 231 g/mol. The highest BCUT2D eigenvalue weighted by atomic mass is 35.5. The van der Waals surface area contributed by atoms with E-state index in [9.17, 15) is 4.39 Å². The Balaban J connectivity index is 2.47. The van der Waals surface area contributed by atoms with Crippen LogP contribution < -0.4 is 5.32 Å². The smallest absolute Gasteiger partial charge is 0.142 e. The van der Waals surface area contributed by atoms with Crippen molar-refractivity contribution in [2.24, 2.45) is 0 Å². The summed E-state index contributed by atoms with van der Waals surface area (Å²) in [6.07, 6.45) is 0. The first kappa shape index (κ1) is 10.3. The molecule has 0 fully saturated rings. The van der Waals surface area contributed by atoms with Crippen molar-refractivity contribution in [1.82, 2.24) is 5.32 Å². The Labute approximate surface area is 92.0 Å². The lowest BCUT2D eigenvalue weighted by atomic mass is 10.0. The lowest BCUT2D eigenvalue weighted by Crippen LogP contribution is -2.23. The second-order valence-electron chi connectivity index (χ2n) is 3.32. The van der Waals surface area contributed by atoms with E-state index in [-0.39, 0.29) is 10.8 Å². The summed E-state index contributed by atoms with van der Waals surface area (Å²) in [6, 6.07) is 3.59. The van der Waals surface area contributed by atoms with Crippen molar-refractivity contribution in [3.8, 4) is 0 Å². The zero-order valence-electron chi connectivity index (χ0n) is 7.81. The normalized spacial score (nSPS) is 20.6. The molecule has 0 aromatic heterocycles. The van der Waals surface area contributed by atoms with Gasteiger partial charge in [-0.2, -0.15) is 11.8 Å². The quantitative estimate of drug-likeness (QED) is 0.798. The summed E-state index contributed by atoms with van der Waals surface area (Å²) in [5, 5.41) is 3.42. The molecule has 2 rings (SSSR count). The molecule has 1 atom stereocenters. The van der Waals surface area contributed by atoms with Gasteiger partial charge in [-0.25, -0.2) is 4.39 Å². The van der Waals surface area contributed by atoms with Gasteiger partial charge in [-0.3, -0.25) is 0 Å². The summed E-state index contributed by atoms with van der Waals surface area (Å²) in [5.41, 5.74) is 2.19. The summed E-state index contributed by atoms with van der Waals surface area (Å²) in [4.78, 5) is 0. The Morgan fingerprint density at radius 1 is 1.57 bits per heavy atom. The number of halogens is 2. The summed E-state index contributed by atoms with van der Waals surface area (Å²) in [7, 11) is 1.91. The van der Waals surface area contributed by atoms with Crippen LogP contribution in [0.3, 0.4) is 0 Å². The van der Waals surface area contributed by atoms with E-state index >= 15 is 0 Å². The van der Waals surface area contributed by atoms with Gasteiger partial charge in [-0.15, -0.1) is 0 Å². The molecular weight excluding hydrogens is 221 g/mol. The number of rotatable bonds is 1. The van der Waals surface area contributed by atoms with Crippen molar-refractivity contribution in [2.75, 3.05) is 12.8 Å². The molecule has 14 heavy (non-hydrogen) atoms. The molecule has 1 unspecified atom stereocenters. The molecule has 0 saturated heterocycles. The maximum Gasteiger partial charge on any atom is 0.142 e. The summed E-state index contributed by atoms with van der Waals surface area (Å²) in [6.45, 7) is 0. The van der Waals surface area contributed by atoms with Crippen LogP contribution in [0.15, 0.2) is 12.1 Å². The van der Waals surface area contributed by atoms with E-state index in [4.69, 9.17) is 11.6 Å². The predicted octanol–water partition coefficient (Wildman–Crippen LogP) is 2.99. The Morgan fingerprint density at radius 2 is 2.36 bits per heavy atom. The minimum atomic E-state index is -0.317. The third-order valence-corrected chi connectivity index (χ3v) is 3.82. The number of benzene rings is 1. The molecule has 1 aliphatic heterocycles. The molecule has 1 heterocycles. The fraction of sp³-hybridized carbons (Fsp3) is 0.400. The Morgan fingerprint density at radius 3 is 3.07 bits per heavy atom. The first-order valence-corrected chi connectivity index (χ1v) is 5.98. The van der Waals surface area contributed by atoms with Gasteiger partial charge < -0.3 is 5.32 Å². The number of thioether (sulfide) groups is 1. The van der Waals surface area contributed by atoms with Crippen LogP contribution in [0.1, 0.15) is 17.2 Å². The number of nitrogens with one attached hydrogen (secondary N) is 1. The molecule has 0 amide bonds. The topological polar surface area (TPSA) is 12.0 Å². The van der Waals surface area contributed by atoms with Crippen LogP contribution in [-0.2, 0) is 5.75 Å². The first-order valence-electron chi connectivity index (χ1n) is 4.45. The van der Waals surface area contributed by atoms with Crippen LogP contribution in [0.4, 0.5) is 4.39 Å². The van der Waals surface area contributed by atoms with Crippen molar-refractivity contribution in [1.29, 1.82) is 0 Å². The Hall–Kier alpha value is -0.250. The standard InChI is InChI=1S/C10H11ClFNS/c1-13-10-5-14-4-6-2-9(12)8(11)3-7(6)10/h2-3,10,13H,4-5H2,1H3. The average molecular weight is 232 g/mol. The Bertz CT molecular complexity index is 356. The van der Waals surface area contributed by atoms with Crippen LogP contribution in [0.25, 0.3) is 0 Å². The van der Waals surface area contributed by atoms with Gasteiger partial charge in [-0.05, 0) is 30.3 Å². The van der Waals surface area contributed by atoms with E-state index in [0.717, 1.165) is 22.6 Å². The second-order valence-corrected chi connectivity index (χ2v) is 4.76. The molecule has 0 saturated carbocycles. The highest BCUT2D eigenvalue weighted by Crippen LogP contribution is 2.34. The van der Waals surface area contributed by atoms with Gasteiger partial charge in [0, 0.05) is 17.5 Å². The van der Waals surface area contributed by atoms with Gasteiger partial charge in [0.25, 0.3) is 0 Å². The van der Waals surface area contributed by atoms with Gasteiger partial charge in [0.2, 0.25) is 0 Å². The average Bonchev–Trinajstić information content (AvgIpc) is 2.19. The van der Waals surface area contributed by atoms with E-state index in [1.165, 1.54) is 0 Å². The maximum absolute atomic E-state index is 13.2. The second kappa shape index (κ2) is 4.09. The lowest BCUT2D eigenvalue weighted by Gasteiger charge is -2.25. The SMILES string of the molecule is CNC1CSCc2cc(F)c(Cl)cc21. The van der Waals surface area contributed by atoms with E-state index in [0.29, 0.717) is 6.04 Å². The molecule has 1 aromatic rings. The van der Waals surface area contributed by atoms with E-state index in [2.05, 4.69) is 5.32 Å². The molecule has 1 N–H and O–H groups in total. The van der Waals surface area contributed by atoms with Crippen LogP contribution in [0, 0.1) is 5.82 Å². The number of hydrogen-bond acceptors (Lipinski definition) is 2. The van der Waals surface area contributed by atoms with Crippen LogP contribution in [0.2, 0.25) is 5.02 Å². The van der Waals surface area contributed by atoms with Crippen molar-refractivity contribution >= 4 is 23.4 Å². The molecule has 76 valence electrons. The highest BCUT2D eigenvalue weighted by molar-refractivity contribution is 7.98. The van der Waals surface area contributed by atoms with Gasteiger partial charge in [0.15, 0.2) is 0 Å². The minimum Gasteiger partial charge on any atom is -0.312 e. The maximum atomic E-state index is 13.2. The zero-order chi connectivity index (χ0) is 10.1. The minimum absolute atomic E-state index is 0.218. The molecule has 0 spiro atoms. The van der Waals surface area contributed by atoms with Crippen molar-refractivity contribution in [3.05, 3.63) is 34.1 Å². The summed E-state index contributed by atoms with van der Waals surface area (Å²) in [5.74, 6) is 1.58. The molecule has 1 aromatic carbocycles. The van der Waals surface area contributed by atoms with Crippen LogP contribution in [-0.4, -0.2) is 12.8 Å². The molecule has 0 radical (unpaired) electrons.